The first-order valence-electron chi connectivity index (χ1n) is 1.40. The van der Waals surface area contributed by atoms with Gasteiger partial charge in [0.2, 0.25) is 0 Å². The first kappa shape index (κ1) is 2.92. The molecule has 0 bridgehead atoms. The van der Waals surface area contributed by atoms with Crippen LogP contribution in [0.3, 0.4) is 0 Å². The Balaban J connectivity index is 3.13. The van der Waals surface area contributed by atoms with Crippen molar-refractivity contribution in [2.45, 2.75) is 0 Å². The Hall–Kier alpha value is -0.290. The van der Waals surface area contributed by atoms with Gasteiger partial charge in [0.25, 0.3) is 8.43 Å². The zero-order valence-corrected chi connectivity index (χ0v) is 3.64. The molecule has 1 heterocycles. The zero-order chi connectivity index (χ0) is 3.54. The highest BCUT2D eigenvalue weighted by Gasteiger charge is 1.72. The van der Waals surface area contributed by atoms with Crippen LogP contribution in [0.15, 0.2) is 22.3 Å². The summed E-state index contributed by atoms with van der Waals surface area (Å²) in [6.07, 6.45) is 1.69. The molecule has 1 aromatic rings. The smallest absolute Gasteiger partial charge is 0.292 e. The average Bonchev–Trinajstić information content (AvgIpc) is 1.76. The van der Waals surface area contributed by atoms with Crippen molar-refractivity contribution in [1.29, 1.82) is 0 Å². The van der Waals surface area contributed by atoms with Crippen LogP contribution in [0.5, 0.6) is 0 Å². The fourth-order valence-corrected chi connectivity index (χ4v) is 0.589. The Morgan fingerprint density at radius 3 is 2.80 bits per heavy atom. The van der Waals surface area contributed by atoms with Gasteiger partial charge in [0.1, 0.15) is 0 Å². The van der Waals surface area contributed by atoms with Crippen molar-refractivity contribution in [3.8, 4) is 0 Å². The molecule has 1 nitrogen and oxygen atoms in total. The van der Waals surface area contributed by atoms with Crippen LogP contribution in [-0.4, -0.2) is 0 Å². The largest absolute Gasteiger partial charge is 0.301 e. The van der Waals surface area contributed by atoms with Gasteiger partial charge in [-0.2, -0.15) is 0 Å². The summed E-state index contributed by atoms with van der Waals surface area (Å²) in [6.45, 7) is 0. The van der Waals surface area contributed by atoms with Crippen molar-refractivity contribution in [2.24, 2.45) is 0 Å². The molecule has 0 saturated carbocycles. The summed E-state index contributed by atoms with van der Waals surface area (Å²) < 4.78 is 4.74. The van der Waals surface area contributed by atoms with Crippen molar-refractivity contribution in [2.75, 3.05) is 0 Å². The molecule has 0 aliphatic rings. The van der Waals surface area contributed by atoms with Gasteiger partial charge >= 0.3 is 0 Å². The van der Waals surface area contributed by atoms with Crippen molar-refractivity contribution in [3.63, 3.8) is 0 Å². The lowest BCUT2D eigenvalue weighted by atomic mass is 10.8. The van der Waals surface area contributed by atoms with Gasteiger partial charge in [-0.25, -0.2) is 0 Å². The second kappa shape index (κ2) is 1.23. The predicted octanol–water partition coefficient (Wildman–Crippen LogP) is 1.59. The highest BCUT2D eigenvalue weighted by atomic mass is 31.1. The Labute approximate surface area is 31.8 Å². The van der Waals surface area contributed by atoms with E-state index in [1.54, 1.807) is 6.26 Å². The Morgan fingerprint density at radius 1 is 1.60 bits per heavy atom. The molecule has 0 aromatic carbocycles. The maximum atomic E-state index is 4.74. The van der Waals surface area contributed by atoms with Crippen LogP contribution >= 0.6 is 8.43 Å². The highest BCUT2D eigenvalue weighted by Crippen LogP contribution is 1.99. The van der Waals surface area contributed by atoms with Crippen molar-refractivity contribution in [3.05, 3.63) is 18.1 Å². The van der Waals surface area contributed by atoms with Crippen LogP contribution in [0.4, 0.5) is 0 Å². The van der Waals surface area contributed by atoms with E-state index in [2.05, 4.69) is 0 Å². The SMILES string of the molecule is c1co[pH+]c1. The van der Waals surface area contributed by atoms with E-state index in [-0.39, 0.29) is 0 Å². The standard InChI is InChI=1S/C3H3OP/c1-2-4-5-3-1/h1-3H/p+1. The normalized spacial score (nSPS) is 9.60. The number of hydrogen-bond acceptors (Lipinski definition) is 1. The molecular formula is C3H4OP+. The fraction of sp³-hybridized carbons (Fsp3) is 0. The van der Waals surface area contributed by atoms with Crippen LogP contribution in [0.25, 0.3) is 0 Å². The quantitative estimate of drug-likeness (QED) is 0.468. The monoisotopic (exact) mass is 87.0 g/mol. The molecule has 5 heavy (non-hydrogen) atoms. The topological polar surface area (TPSA) is 13.1 Å². The van der Waals surface area contributed by atoms with E-state index in [0.29, 0.717) is 8.43 Å². The molecular weight excluding hydrogens is 83.0 g/mol. The lowest BCUT2D eigenvalue weighted by Crippen LogP contribution is -1.16. The summed E-state index contributed by atoms with van der Waals surface area (Å²) in [7, 11) is 0.573. The molecule has 0 radical (unpaired) electrons. The van der Waals surface area contributed by atoms with Gasteiger partial charge in [-0.1, -0.05) is 0 Å². The van der Waals surface area contributed by atoms with Crippen molar-refractivity contribution < 1.29 is 4.20 Å². The molecule has 0 fully saturated rings. The summed E-state index contributed by atoms with van der Waals surface area (Å²) in [5, 5.41) is 0. The Bertz CT molecular complexity index is 63.4. The first-order chi connectivity index (χ1) is 2.50. The van der Waals surface area contributed by atoms with E-state index in [9.17, 15) is 0 Å². The molecule has 0 saturated heterocycles. The first-order valence-corrected chi connectivity index (χ1v) is 2.38. The zero-order valence-electron chi connectivity index (χ0n) is 2.64. The fourth-order valence-electron chi connectivity index (χ4n) is 0.196. The summed E-state index contributed by atoms with van der Waals surface area (Å²) in [5.74, 6) is 1.99. The minimum atomic E-state index is 0.573. The maximum Gasteiger partial charge on any atom is 0.292 e. The second-order valence-electron chi connectivity index (χ2n) is 0.731. The molecule has 0 aliphatic heterocycles. The predicted molar refractivity (Wildman–Crippen MR) is 22.6 cm³/mol. The summed E-state index contributed by atoms with van der Waals surface area (Å²) >= 11 is 0. The molecule has 1 atom stereocenters. The van der Waals surface area contributed by atoms with Crippen LogP contribution < -0.4 is 0 Å². The van der Waals surface area contributed by atoms with Gasteiger partial charge in [-0.3, -0.25) is 0 Å². The van der Waals surface area contributed by atoms with E-state index in [0.717, 1.165) is 0 Å². The van der Waals surface area contributed by atoms with Gasteiger partial charge < -0.3 is 4.20 Å². The minimum absolute atomic E-state index is 0.573. The third-order valence-electron chi connectivity index (χ3n) is 0.379. The molecule has 0 amide bonds. The van der Waals surface area contributed by atoms with E-state index in [1.807, 2.05) is 11.9 Å². The molecule has 1 unspecified atom stereocenters. The van der Waals surface area contributed by atoms with Crippen LogP contribution in [0.1, 0.15) is 0 Å². The summed E-state index contributed by atoms with van der Waals surface area (Å²) in [6, 6.07) is 1.90. The van der Waals surface area contributed by atoms with Gasteiger partial charge in [-0.15, -0.1) is 0 Å². The van der Waals surface area contributed by atoms with E-state index >= 15 is 0 Å². The maximum absolute atomic E-state index is 4.74. The third kappa shape index (κ3) is 0.489. The summed E-state index contributed by atoms with van der Waals surface area (Å²) in [4.78, 5) is 0. The summed E-state index contributed by atoms with van der Waals surface area (Å²) in [5.41, 5.74) is 0. The molecule has 26 valence electrons. The molecule has 1 rings (SSSR count). The lowest BCUT2D eigenvalue weighted by Gasteiger charge is -1.36. The van der Waals surface area contributed by atoms with E-state index in [1.165, 1.54) is 0 Å². The van der Waals surface area contributed by atoms with Crippen LogP contribution in [-0.2, 0) is 0 Å². The van der Waals surface area contributed by atoms with Gasteiger partial charge in [0, 0.05) is 6.07 Å². The van der Waals surface area contributed by atoms with Crippen molar-refractivity contribution in [1.82, 2.24) is 0 Å². The molecule has 1 aromatic heterocycles. The molecule has 2 heteroatoms. The lowest BCUT2D eigenvalue weighted by molar-refractivity contribution is 0.696. The Morgan fingerprint density at radius 2 is 2.60 bits per heavy atom. The van der Waals surface area contributed by atoms with Gasteiger partial charge in [0.05, 0.1) is 0 Å². The average molecular weight is 87.0 g/mol. The highest BCUT2D eigenvalue weighted by molar-refractivity contribution is 7.22. The van der Waals surface area contributed by atoms with Crippen LogP contribution in [0.2, 0.25) is 0 Å². The molecule has 0 spiro atoms. The van der Waals surface area contributed by atoms with Gasteiger partial charge in [-0.05, 0) is 0 Å². The minimum Gasteiger partial charge on any atom is -0.301 e. The van der Waals surface area contributed by atoms with E-state index < -0.39 is 0 Å². The molecule has 0 N–H and O–H groups in total. The third-order valence-corrected chi connectivity index (χ3v) is 0.980. The second-order valence-corrected chi connectivity index (χ2v) is 1.54. The molecule has 0 aliphatic carbocycles. The number of rotatable bonds is 0. The van der Waals surface area contributed by atoms with Gasteiger partial charge in [0.15, 0.2) is 12.1 Å². The number of hydrogen-bond donors (Lipinski definition) is 0. The van der Waals surface area contributed by atoms with Crippen molar-refractivity contribution >= 4 is 8.43 Å². The Kier molecular flexibility index (Phi) is 0.718. The van der Waals surface area contributed by atoms with Crippen LogP contribution in [0, 0.1) is 0 Å². The van der Waals surface area contributed by atoms with E-state index in [4.69, 9.17) is 4.20 Å².